The lowest BCUT2D eigenvalue weighted by atomic mass is 9.87. The zero-order chi connectivity index (χ0) is 14.7. The van der Waals surface area contributed by atoms with Gasteiger partial charge < -0.3 is 0 Å². The quantitative estimate of drug-likeness (QED) is 0.618. The molecule has 0 aliphatic rings. The first-order valence-corrected chi connectivity index (χ1v) is 8.08. The predicted octanol–water partition coefficient (Wildman–Crippen LogP) is 2.12. The second kappa shape index (κ2) is 5.96. The van der Waals surface area contributed by atoms with E-state index in [4.69, 9.17) is 0 Å². The van der Waals surface area contributed by atoms with Crippen LogP contribution in [0.15, 0.2) is 26.7 Å². The number of nitrogens with zero attached hydrogens (tertiary/aromatic N) is 2. The average Bonchev–Trinajstić information content (AvgIpc) is 2.80. The minimum atomic E-state index is -3.51. The Balaban J connectivity index is 2.95. The molecule has 0 N–H and O–H groups in total. The van der Waals surface area contributed by atoms with Crippen LogP contribution in [-0.2, 0) is 14.8 Å². The van der Waals surface area contributed by atoms with E-state index in [1.54, 1.807) is 17.5 Å². The number of carbonyl (C=O) groups excluding carboxylic acids is 1. The van der Waals surface area contributed by atoms with Crippen molar-refractivity contribution in [3.05, 3.63) is 17.5 Å². The molecule has 1 atom stereocenters. The summed E-state index contributed by atoms with van der Waals surface area (Å²) in [5.41, 5.74) is -0.309. The number of aliphatic imine (C=N–C) groups is 1. The van der Waals surface area contributed by atoms with Crippen molar-refractivity contribution in [2.24, 2.45) is 10.4 Å². The maximum Gasteiger partial charge on any atom is 0.252 e. The van der Waals surface area contributed by atoms with Gasteiger partial charge in [0.15, 0.2) is 0 Å². The summed E-state index contributed by atoms with van der Waals surface area (Å²) in [6.45, 7) is 5.87. The first-order valence-electron chi connectivity index (χ1n) is 5.76. The summed E-state index contributed by atoms with van der Waals surface area (Å²) in [6, 6.07) is 2.83. The monoisotopic (exact) mass is 302 g/mol. The van der Waals surface area contributed by atoms with Gasteiger partial charge in [-0.3, -0.25) is 0 Å². The average molecular weight is 302 g/mol. The second-order valence-electron chi connectivity index (χ2n) is 5.32. The number of likely N-dealkylation sites (N-methyl/N-ethyl adjacent to an activating group) is 1. The van der Waals surface area contributed by atoms with Gasteiger partial charge in [-0.25, -0.2) is 18.2 Å². The van der Waals surface area contributed by atoms with E-state index >= 15 is 0 Å². The van der Waals surface area contributed by atoms with Gasteiger partial charge in [0.1, 0.15) is 4.21 Å². The smallest absolute Gasteiger partial charge is 0.211 e. The molecule has 0 aromatic carbocycles. The second-order valence-corrected chi connectivity index (χ2v) is 8.54. The molecule has 0 radical (unpaired) electrons. The summed E-state index contributed by atoms with van der Waals surface area (Å²) in [5, 5.41) is 1.71. The van der Waals surface area contributed by atoms with Gasteiger partial charge in [-0.05, 0) is 16.9 Å². The molecule has 1 rings (SSSR count). The molecule has 1 aromatic rings. The van der Waals surface area contributed by atoms with Gasteiger partial charge in [0, 0.05) is 13.6 Å². The van der Waals surface area contributed by atoms with Crippen LogP contribution in [0, 0.1) is 5.41 Å². The summed E-state index contributed by atoms with van der Waals surface area (Å²) >= 11 is 1.17. The molecule has 0 saturated heterocycles. The number of hydrogen-bond acceptors (Lipinski definition) is 5. The minimum absolute atomic E-state index is 0.152. The maximum atomic E-state index is 12.3. The van der Waals surface area contributed by atoms with Crippen LogP contribution in [0.4, 0.5) is 0 Å². The molecule has 0 fully saturated rings. The van der Waals surface area contributed by atoms with E-state index in [2.05, 4.69) is 4.99 Å². The van der Waals surface area contributed by atoms with Crippen molar-refractivity contribution in [2.75, 3.05) is 13.6 Å². The fraction of sp³-hybridized carbons (Fsp3) is 0.583. The lowest BCUT2D eigenvalue weighted by Gasteiger charge is -2.29. The predicted molar refractivity (Wildman–Crippen MR) is 75.5 cm³/mol. The normalized spacial score (nSPS) is 14.2. The van der Waals surface area contributed by atoms with Gasteiger partial charge >= 0.3 is 0 Å². The Morgan fingerprint density at radius 1 is 1.47 bits per heavy atom. The van der Waals surface area contributed by atoms with Crippen LogP contribution in [0.5, 0.6) is 0 Å². The van der Waals surface area contributed by atoms with Crippen LogP contribution in [0.25, 0.3) is 0 Å². The summed E-state index contributed by atoms with van der Waals surface area (Å²) in [5.74, 6) is 0. The SMILES string of the molecule is CN(CC(N=C=O)C(C)(C)C)S(=O)(=O)c1cccs1. The van der Waals surface area contributed by atoms with Crippen molar-refractivity contribution < 1.29 is 13.2 Å². The Hall–Kier alpha value is -1.01. The zero-order valence-corrected chi connectivity index (χ0v) is 13.1. The first-order chi connectivity index (χ1) is 8.69. The van der Waals surface area contributed by atoms with E-state index in [1.165, 1.54) is 28.8 Å². The van der Waals surface area contributed by atoms with Crippen molar-refractivity contribution in [2.45, 2.75) is 31.0 Å². The van der Waals surface area contributed by atoms with Gasteiger partial charge in [-0.1, -0.05) is 26.8 Å². The van der Waals surface area contributed by atoms with Crippen LogP contribution in [0.3, 0.4) is 0 Å². The number of thiophene rings is 1. The fourth-order valence-electron chi connectivity index (χ4n) is 1.48. The van der Waals surface area contributed by atoms with E-state index in [0.29, 0.717) is 0 Å². The number of isocyanates is 1. The molecular formula is C12H18N2O3S2. The minimum Gasteiger partial charge on any atom is -0.211 e. The van der Waals surface area contributed by atoms with E-state index in [0.717, 1.165) is 0 Å². The molecule has 0 spiro atoms. The number of sulfonamides is 1. The molecule has 1 unspecified atom stereocenters. The topological polar surface area (TPSA) is 66.8 Å². The Kier molecular flexibility index (Phi) is 5.04. The first kappa shape index (κ1) is 16.0. The summed E-state index contributed by atoms with van der Waals surface area (Å²) in [6.07, 6.45) is 1.52. The molecule has 0 aliphatic carbocycles. The number of hydrogen-bond donors (Lipinski definition) is 0. The molecule has 1 aromatic heterocycles. The Bertz CT molecular complexity index is 552. The fourth-order valence-corrected chi connectivity index (χ4v) is 3.86. The van der Waals surface area contributed by atoms with E-state index in [1.807, 2.05) is 20.8 Å². The summed E-state index contributed by atoms with van der Waals surface area (Å²) < 4.78 is 26.0. The van der Waals surface area contributed by atoms with Gasteiger partial charge in [0.05, 0.1) is 6.04 Å². The van der Waals surface area contributed by atoms with Gasteiger partial charge in [-0.2, -0.15) is 4.31 Å². The van der Waals surface area contributed by atoms with Crippen molar-refractivity contribution in [1.29, 1.82) is 0 Å². The van der Waals surface area contributed by atoms with Crippen LogP contribution in [0.2, 0.25) is 0 Å². The molecule has 1 heterocycles. The summed E-state index contributed by atoms with van der Waals surface area (Å²) in [4.78, 5) is 14.2. The van der Waals surface area contributed by atoms with Crippen molar-refractivity contribution in [1.82, 2.24) is 4.31 Å². The van der Waals surface area contributed by atoms with Gasteiger partial charge in [0.25, 0.3) is 10.0 Å². The molecule has 0 bridgehead atoms. The Labute approximate surface area is 118 Å². The van der Waals surface area contributed by atoms with Crippen LogP contribution >= 0.6 is 11.3 Å². The van der Waals surface area contributed by atoms with E-state index < -0.39 is 16.1 Å². The standard InChI is InChI=1S/C12H18N2O3S2/c1-12(2,3)10(13-9-15)8-14(4)19(16,17)11-6-5-7-18-11/h5-7,10H,8H2,1-4H3. The molecule has 7 heteroatoms. The third-order valence-electron chi connectivity index (χ3n) is 2.80. The van der Waals surface area contributed by atoms with Crippen LogP contribution in [0.1, 0.15) is 20.8 Å². The highest BCUT2D eigenvalue weighted by molar-refractivity contribution is 7.91. The molecule has 0 aliphatic heterocycles. The molecule has 0 amide bonds. The molecule has 5 nitrogen and oxygen atoms in total. The van der Waals surface area contributed by atoms with Crippen molar-refractivity contribution in [3.63, 3.8) is 0 Å². The maximum absolute atomic E-state index is 12.3. The zero-order valence-electron chi connectivity index (χ0n) is 11.5. The lowest BCUT2D eigenvalue weighted by molar-refractivity contribution is 0.281. The molecule has 19 heavy (non-hydrogen) atoms. The highest BCUT2D eigenvalue weighted by Crippen LogP contribution is 2.26. The van der Waals surface area contributed by atoms with E-state index in [-0.39, 0.29) is 16.2 Å². The third kappa shape index (κ3) is 3.98. The largest absolute Gasteiger partial charge is 0.252 e. The highest BCUT2D eigenvalue weighted by Gasteiger charge is 2.30. The van der Waals surface area contributed by atoms with Crippen molar-refractivity contribution >= 4 is 27.4 Å². The van der Waals surface area contributed by atoms with Gasteiger partial charge in [0.2, 0.25) is 6.08 Å². The molecular weight excluding hydrogens is 284 g/mol. The van der Waals surface area contributed by atoms with Gasteiger partial charge in [-0.15, -0.1) is 11.3 Å². The molecule has 106 valence electrons. The van der Waals surface area contributed by atoms with Crippen molar-refractivity contribution in [3.8, 4) is 0 Å². The lowest BCUT2D eigenvalue weighted by Crippen LogP contribution is -2.39. The Morgan fingerprint density at radius 3 is 2.53 bits per heavy atom. The van der Waals surface area contributed by atoms with Crippen LogP contribution in [-0.4, -0.2) is 38.4 Å². The number of rotatable bonds is 5. The summed E-state index contributed by atoms with van der Waals surface area (Å²) in [7, 11) is -2.01. The van der Waals surface area contributed by atoms with Crippen LogP contribution < -0.4 is 0 Å². The third-order valence-corrected chi connectivity index (χ3v) is 5.99. The van der Waals surface area contributed by atoms with E-state index in [9.17, 15) is 13.2 Å². The highest BCUT2D eigenvalue weighted by atomic mass is 32.2. The Morgan fingerprint density at radius 2 is 2.11 bits per heavy atom. The molecule has 0 saturated carbocycles.